The Hall–Kier alpha value is -2.42. The molecule has 3 aromatic rings. The predicted molar refractivity (Wildman–Crippen MR) is 89.2 cm³/mol. The van der Waals surface area contributed by atoms with Gasteiger partial charge in [-0.3, -0.25) is 0 Å². The molecule has 0 saturated heterocycles. The summed E-state index contributed by atoms with van der Waals surface area (Å²) in [5.74, 6) is 0. The lowest BCUT2D eigenvalue weighted by Crippen LogP contribution is -2.00. The van der Waals surface area contributed by atoms with Gasteiger partial charge in [-0.15, -0.1) is 0 Å². The van der Waals surface area contributed by atoms with Crippen molar-refractivity contribution in [2.24, 2.45) is 0 Å². The van der Waals surface area contributed by atoms with Gasteiger partial charge < -0.3 is 10.2 Å². The lowest BCUT2D eigenvalue weighted by molar-refractivity contribution is 0.261. The van der Waals surface area contributed by atoms with Gasteiger partial charge in [-0.05, 0) is 33.4 Å². The molecule has 0 bridgehead atoms. The van der Waals surface area contributed by atoms with Crippen LogP contribution in [0.25, 0.3) is 22.3 Å². The van der Waals surface area contributed by atoms with Crippen molar-refractivity contribution >= 4 is 0 Å². The summed E-state index contributed by atoms with van der Waals surface area (Å²) >= 11 is 0. The first-order valence-corrected chi connectivity index (χ1v) is 7.32. The summed E-state index contributed by atoms with van der Waals surface area (Å²) < 4.78 is 0. The maximum absolute atomic E-state index is 9.85. The van der Waals surface area contributed by atoms with E-state index in [0.29, 0.717) is 0 Å². The minimum Gasteiger partial charge on any atom is -0.392 e. The Balaban J connectivity index is 2.21. The summed E-state index contributed by atoms with van der Waals surface area (Å²) in [7, 11) is 0. The second-order valence-electron chi connectivity index (χ2n) is 5.17. The number of aliphatic hydroxyl groups excluding tert-OH is 2. The molecule has 0 saturated carbocycles. The fraction of sp³-hybridized carbons (Fsp3) is 0.100. The second kappa shape index (κ2) is 6.56. The fourth-order valence-corrected chi connectivity index (χ4v) is 2.83. The van der Waals surface area contributed by atoms with E-state index in [2.05, 4.69) is 0 Å². The third-order valence-corrected chi connectivity index (χ3v) is 3.92. The number of aliphatic hydroxyl groups is 2. The average molecular weight is 290 g/mol. The molecule has 0 aliphatic carbocycles. The van der Waals surface area contributed by atoms with Gasteiger partial charge in [0.2, 0.25) is 0 Å². The first kappa shape index (κ1) is 14.5. The van der Waals surface area contributed by atoms with Gasteiger partial charge in [-0.1, -0.05) is 72.8 Å². The van der Waals surface area contributed by atoms with E-state index in [9.17, 15) is 10.2 Å². The molecule has 0 spiro atoms. The number of benzene rings is 3. The number of hydrogen-bond acceptors (Lipinski definition) is 2. The van der Waals surface area contributed by atoms with E-state index < -0.39 is 0 Å². The zero-order valence-corrected chi connectivity index (χ0v) is 12.2. The van der Waals surface area contributed by atoms with Crippen LogP contribution in [0.15, 0.2) is 72.8 Å². The van der Waals surface area contributed by atoms with Gasteiger partial charge in [-0.2, -0.15) is 0 Å². The molecular formula is C20H18O2. The van der Waals surface area contributed by atoms with Gasteiger partial charge in [0.1, 0.15) is 0 Å². The van der Waals surface area contributed by atoms with Gasteiger partial charge in [-0.25, -0.2) is 0 Å². The van der Waals surface area contributed by atoms with E-state index in [1.54, 1.807) is 0 Å². The second-order valence-corrected chi connectivity index (χ2v) is 5.17. The Kier molecular flexibility index (Phi) is 4.33. The highest BCUT2D eigenvalue weighted by Gasteiger charge is 2.14. The van der Waals surface area contributed by atoms with E-state index in [1.165, 1.54) is 0 Å². The smallest absolute Gasteiger partial charge is 0.0691 e. The molecule has 2 nitrogen and oxygen atoms in total. The maximum Gasteiger partial charge on any atom is 0.0691 e. The maximum atomic E-state index is 9.85. The average Bonchev–Trinajstić information content (AvgIpc) is 2.61. The van der Waals surface area contributed by atoms with E-state index >= 15 is 0 Å². The third kappa shape index (κ3) is 2.67. The van der Waals surface area contributed by atoms with Gasteiger partial charge in [0.15, 0.2) is 0 Å². The highest BCUT2D eigenvalue weighted by atomic mass is 16.3. The molecular weight excluding hydrogens is 272 g/mol. The summed E-state index contributed by atoms with van der Waals surface area (Å²) in [5, 5.41) is 19.7. The topological polar surface area (TPSA) is 40.5 Å². The van der Waals surface area contributed by atoms with Gasteiger partial charge in [0, 0.05) is 0 Å². The lowest BCUT2D eigenvalue weighted by Gasteiger charge is -2.17. The normalized spacial score (nSPS) is 10.6. The summed E-state index contributed by atoms with van der Waals surface area (Å²) in [5.41, 5.74) is 5.59. The predicted octanol–water partition coefficient (Wildman–Crippen LogP) is 4.01. The van der Waals surface area contributed by atoms with Crippen molar-refractivity contribution < 1.29 is 10.2 Å². The van der Waals surface area contributed by atoms with E-state index in [4.69, 9.17) is 0 Å². The lowest BCUT2D eigenvalue weighted by atomic mass is 9.90. The van der Waals surface area contributed by atoms with E-state index in [0.717, 1.165) is 33.4 Å². The zero-order valence-electron chi connectivity index (χ0n) is 12.2. The van der Waals surface area contributed by atoms with E-state index in [1.807, 2.05) is 72.8 Å². The van der Waals surface area contributed by atoms with E-state index in [-0.39, 0.29) is 13.2 Å². The van der Waals surface area contributed by atoms with Crippen LogP contribution in [0.1, 0.15) is 11.1 Å². The molecule has 0 aliphatic rings. The molecule has 22 heavy (non-hydrogen) atoms. The van der Waals surface area contributed by atoms with Crippen LogP contribution in [0.5, 0.6) is 0 Å². The molecule has 0 atom stereocenters. The van der Waals surface area contributed by atoms with Crippen LogP contribution in [-0.2, 0) is 13.2 Å². The molecule has 0 unspecified atom stereocenters. The fourth-order valence-electron chi connectivity index (χ4n) is 2.83. The van der Waals surface area contributed by atoms with Crippen molar-refractivity contribution in [3.8, 4) is 22.3 Å². The van der Waals surface area contributed by atoms with Crippen LogP contribution in [-0.4, -0.2) is 10.2 Å². The van der Waals surface area contributed by atoms with Crippen LogP contribution in [0.4, 0.5) is 0 Å². The van der Waals surface area contributed by atoms with Crippen LogP contribution in [0, 0.1) is 0 Å². The molecule has 3 aromatic carbocycles. The molecule has 2 heteroatoms. The summed E-state index contributed by atoms with van der Waals surface area (Å²) in [6, 6.07) is 23.9. The minimum atomic E-state index is -0.0964. The van der Waals surface area contributed by atoms with Crippen LogP contribution >= 0.6 is 0 Å². The Bertz CT molecular complexity index is 683. The van der Waals surface area contributed by atoms with Crippen LogP contribution in [0.2, 0.25) is 0 Å². The minimum absolute atomic E-state index is 0.0964. The highest BCUT2D eigenvalue weighted by Crippen LogP contribution is 2.33. The van der Waals surface area contributed by atoms with Crippen molar-refractivity contribution in [1.29, 1.82) is 0 Å². The first-order chi connectivity index (χ1) is 10.8. The van der Waals surface area contributed by atoms with Gasteiger partial charge >= 0.3 is 0 Å². The zero-order chi connectivity index (χ0) is 15.4. The Morgan fingerprint density at radius 3 is 1.18 bits per heavy atom. The van der Waals surface area contributed by atoms with Gasteiger partial charge in [0.05, 0.1) is 13.2 Å². The molecule has 0 aliphatic heterocycles. The van der Waals surface area contributed by atoms with Crippen molar-refractivity contribution in [2.75, 3.05) is 0 Å². The highest BCUT2D eigenvalue weighted by molar-refractivity contribution is 5.77. The molecule has 0 amide bonds. The van der Waals surface area contributed by atoms with Crippen LogP contribution < -0.4 is 0 Å². The first-order valence-electron chi connectivity index (χ1n) is 7.32. The number of rotatable bonds is 4. The SMILES string of the molecule is OCc1c(-c2ccccc2)ccc(-c2ccccc2)c1CO. The van der Waals surface area contributed by atoms with Crippen LogP contribution in [0.3, 0.4) is 0 Å². The van der Waals surface area contributed by atoms with Crippen molar-refractivity contribution in [1.82, 2.24) is 0 Å². The largest absolute Gasteiger partial charge is 0.392 e. The molecule has 0 fully saturated rings. The summed E-state index contributed by atoms with van der Waals surface area (Å²) in [4.78, 5) is 0. The Labute approximate surface area is 130 Å². The summed E-state index contributed by atoms with van der Waals surface area (Å²) in [6.07, 6.45) is 0. The Morgan fingerprint density at radius 2 is 0.864 bits per heavy atom. The van der Waals surface area contributed by atoms with Gasteiger partial charge in [0.25, 0.3) is 0 Å². The molecule has 0 radical (unpaired) electrons. The standard InChI is InChI=1S/C20H18O2/c21-13-19-17(15-7-3-1-4-8-15)11-12-18(20(19)14-22)16-9-5-2-6-10-16/h1-12,21-22H,13-14H2. The molecule has 2 N–H and O–H groups in total. The van der Waals surface area contributed by atoms with Crippen molar-refractivity contribution in [2.45, 2.75) is 13.2 Å². The van der Waals surface area contributed by atoms with Crippen molar-refractivity contribution in [3.05, 3.63) is 83.9 Å². The molecule has 110 valence electrons. The summed E-state index contributed by atoms with van der Waals surface area (Å²) in [6.45, 7) is -0.193. The monoisotopic (exact) mass is 290 g/mol. The third-order valence-electron chi connectivity index (χ3n) is 3.92. The molecule has 0 heterocycles. The molecule has 0 aromatic heterocycles. The van der Waals surface area contributed by atoms with Crippen molar-refractivity contribution in [3.63, 3.8) is 0 Å². The Morgan fingerprint density at radius 1 is 0.500 bits per heavy atom. The number of hydrogen-bond donors (Lipinski definition) is 2. The molecule has 3 rings (SSSR count). The quantitative estimate of drug-likeness (QED) is 0.762.